The van der Waals surface area contributed by atoms with Crippen molar-refractivity contribution in [2.24, 2.45) is 0 Å². The SMILES string of the molecule is CCC(CCl)c1ccccc1Br. The van der Waals surface area contributed by atoms with E-state index in [-0.39, 0.29) is 0 Å². The Labute approximate surface area is 87.1 Å². The van der Waals surface area contributed by atoms with E-state index in [2.05, 4.69) is 41.1 Å². The average molecular weight is 248 g/mol. The number of hydrogen-bond acceptors (Lipinski definition) is 0. The van der Waals surface area contributed by atoms with Crippen LogP contribution in [-0.4, -0.2) is 5.88 Å². The molecular weight excluding hydrogens is 235 g/mol. The summed E-state index contributed by atoms with van der Waals surface area (Å²) in [5.41, 5.74) is 1.31. The van der Waals surface area contributed by atoms with Gasteiger partial charge < -0.3 is 0 Å². The molecule has 0 N–H and O–H groups in total. The van der Waals surface area contributed by atoms with E-state index in [0.717, 1.165) is 10.9 Å². The Bertz CT molecular complexity index is 243. The summed E-state index contributed by atoms with van der Waals surface area (Å²) in [4.78, 5) is 0. The summed E-state index contributed by atoms with van der Waals surface area (Å²) in [6.45, 7) is 2.16. The van der Waals surface area contributed by atoms with Crippen LogP contribution in [0, 0.1) is 0 Å². The van der Waals surface area contributed by atoms with Gasteiger partial charge in [0.25, 0.3) is 0 Å². The fraction of sp³-hybridized carbons (Fsp3) is 0.400. The van der Waals surface area contributed by atoms with E-state index in [1.165, 1.54) is 5.56 Å². The maximum absolute atomic E-state index is 5.85. The number of alkyl halides is 1. The molecule has 2 heteroatoms. The van der Waals surface area contributed by atoms with Crippen molar-refractivity contribution in [3.63, 3.8) is 0 Å². The fourth-order valence-electron chi connectivity index (χ4n) is 1.22. The van der Waals surface area contributed by atoms with Gasteiger partial charge in [0.05, 0.1) is 0 Å². The molecule has 1 aromatic rings. The molecule has 1 unspecified atom stereocenters. The summed E-state index contributed by atoms with van der Waals surface area (Å²) in [5, 5.41) is 0. The number of rotatable bonds is 3. The second-order valence-corrected chi connectivity index (χ2v) is 3.94. The van der Waals surface area contributed by atoms with Crippen LogP contribution in [0.2, 0.25) is 0 Å². The van der Waals surface area contributed by atoms with Gasteiger partial charge in [0, 0.05) is 10.4 Å². The first-order chi connectivity index (χ1) is 5.79. The summed E-state index contributed by atoms with van der Waals surface area (Å²) < 4.78 is 1.16. The number of halogens is 2. The molecule has 0 saturated heterocycles. The van der Waals surface area contributed by atoms with Gasteiger partial charge in [-0.2, -0.15) is 0 Å². The molecule has 66 valence electrons. The molecule has 0 heterocycles. The zero-order valence-corrected chi connectivity index (χ0v) is 9.40. The molecule has 0 aliphatic carbocycles. The third-order valence-corrected chi connectivity index (χ3v) is 3.12. The van der Waals surface area contributed by atoms with Crippen LogP contribution in [0.4, 0.5) is 0 Å². The van der Waals surface area contributed by atoms with E-state index in [1.54, 1.807) is 0 Å². The van der Waals surface area contributed by atoms with Crippen LogP contribution in [-0.2, 0) is 0 Å². The topological polar surface area (TPSA) is 0 Å². The van der Waals surface area contributed by atoms with E-state index < -0.39 is 0 Å². The molecule has 0 amide bonds. The monoisotopic (exact) mass is 246 g/mol. The third-order valence-electron chi connectivity index (χ3n) is 2.02. The highest BCUT2D eigenvalue weighted by Gasteiger charge is 2.09. The Morgan fingerprint density at radius 3 is 2.58 bits per heavy atom. The van der Waals surface area contributed by atoms with Crippen molar-refractivity contribution in [2.75, 3.05) is 5.88 Å². The summed E-state index contributed by atoms with van der Waals surface area (Å²) in [6, 6.07) is 8.26. The molecule has 0 bridgehead atoms. The van der Waals surface area contributed by atoms with Gasteiger partial charge in [-0.1, -0.05) is 41.1 Å². The minimum absolute atomic E-state index is 0.474. The summed E-state index contributed by atoms with van der Waals surface area (Å²) in [7, 11) is 0. The highest BCUT2D eigenvalue weighted by atomic mass is 79.9. The predicted molar refractivity (Wildman–Crippen MR) is 57.9 cm³/mol. The fourth-order valence-corrected chi connectivity index (χ4v) is 2.21. The van der Waals surface area contributed by atoms with E-state index in [1.807, 2.05) is 6.07 Å². The molecule has 0 spiro atoms. The number of benzene rings is 1. The molecule has 0 aliphatic rings. The molecule has 0 saturated carbocycles. The molecule has 1 atom stereocenters. The van der Waals surface area contributed by atoms with E-state index in [0.29, 0.717) is 11.8 Å². The minimum atomic E-state index is 0.474. The Kier molecular flexibility index (Phi) is 4.10. The third kappa shape index (κ3) is 2.24. The van der Waals surface area contributed by atoms with Gasteiger partial charge in [0.15, 0.2) is 0 Å². The zero-order valence-electron chi connectivity index (χ0n) is 7.06. The maximum atomic E-state index is 5.85. The van der Waals surface area contributed by atoms with Crippen molar-refractivity contribution in [1.82, 2.24) is 0 Å². The standard InChI is InChI=1S/C10H12BrCl/c1-2-8(7-12)9-5-3-4-6-10(9)11/h3-6,8H,2,7H2,1H3. The second-order valence-electron chi connectivity index (χ2n) is 2.78. The van der Waals surface area contributed by atoms with Crippen LogP contribution in [0.25, 0.3) is 0 Å². The number of hydrogen-bond donors (Lipinski definition) is 0. The van der Waals surface area contributed by atoms with Gasteiger partial charge >= 0.3 is 0 Å². The maximum Gasteiger partial charge on any atom is 0.0292 e. The Morgan fingerprint density at radius 1 is 1.42 bits per heavy atom. The van der Waals surface area contributed by atoms with Crippen molar-refractivity contribution < 1.29 is 0 Å². The Hall–Kier alpha value is -0.0100. The van der Waals surface area contributed by atoms with Crippen LogP contribution in [0.5, 0.6) is 0 Å². The molecule has 12 heavy (non-hydrogen) atoms. The highest BCUT2D eigenvalue weighted by molar-refractivity contribution is 9.10. The van der Waals surface area contributed by atoms with Crippen molar-refractivity contribution >= 4 is 27.5 Å². The van der Waals surface area contributed by atoms with Crippen LogP contribution in [0.3, 0.4) is 0 Å². The summed E-state index contributed by atoms with van der Waals surface area (Å²) >= 11 is 9.37. The molecule has 0 aliphatic heterocycles. The van der Waals surface area contributed by atoms with Crippen molar-refractivity contribution in [3.8, 4) is 0 Å². The lowest BCUT2D eigenvalue weighted by Crippen LogP contribution is -1.99. The Balaban J connectivity index is 2.92. The first-order valence-corrected chi connectivity index (χ1v) is 5.42. The van der Waals surface area contributed by atoms with E-state index in [4.69, 9.17) is 11.6 Å². The molecule has 0 aromatic heterocycles. The first-order valence-electron chi connectivity index (χ1n) is 4.10. The zero-order chi connectivity index (χ0) is 8.97. The lowest BCUT2D eigenvalue weighted by Gasteiger charge is -2.12. The Morgan fingerprint density at radius 2 is 2.08 bits per heavy atom. The summed E-state index contributed by atoms with van der Waals surface area (Å²) in [5.74, 6) is 1.17. The normalized spacial score (nSPS) is 12.9. The lowest BCUT2D eigenvalue weighted by molar-refractivity contribution is 0.737. The predicted octanol–water partition coefficient (Wildman–Crippen LogP) is 4.18. The van der Waals surface area contributed by atoms with Gasteiger partial charge in [-0.3, -0.25) is 0 Å². The minimum Gasteiger partial charge on any atom is -0.126 e. The lowest BCUT2D eigenvalue weighted by atomic mass is 9.99. The molecule has 0 fully saturated rings. The van der Waals surface area contributed by atoms with Gasteiger partial charge in [0.1, 0.15) is 0 Å². The van der Waals surface area contributed by atoms with Crippen LogP contribution in [0.1, 0.15) is 24.8 Å². The van der Waals surface area contributed by atoms with Gasteiger partial charge in [-0.25, -0.2) is 0 Å². The van der Waals surface area contributed by atoms with Gasteiger partial charge in [0.2, 0.25) is 0 Å². The van der Waals surface area contributed by atoms with Crippen molar-refractivity contribution in [1.29, 1.82) is 0 Å². The van der Waals surface area contributed by atoms with E-state index in [9.17, 15) is 0 Å². The van der Waals surface area contributed by atoms with Gasteiger partial charge in [-0.15, -0.1) is 11.6 Å². The summed E-state index contributed by atoms with van der Waals surface area (Å²) in [6.07, 6.45) is 1.09. The van der Waals surface area contributed by atoms with Crippen molar-refractivity contribution in [3.05, 3.63) is 34.3 Å². The molecule has 1 aromatic carbocycles. The second kappa shape index (κ2) is 4.88. The first kappa shape index (κ1) is 10.1. The van der Waals surface area contributed by atoms with Crippen LogP contribution >= 0.6 is 27.5 Å². The smallest absolute Gasteiger partial charge is 0.0292 e. The van der Waals surface area contributed by atoms with Crippen molar-refractivity contribution in [2.45, 2.75) is 19.3 Å². The van der Waals surface area contributed by atoms with Crippen LogP contribution in [0.15, 0.2) is 28.7 Å². The largest absolute Gasteiger partial charge is 0.126 e. The molecule has 0 nitrogen and oxygen atoms in total. The van der Waals surface area contributed by atoms with Crippen LogP contribution < -0.4 is 0 Å². The molecule has 0 radical (unpaired) electrons. The quantitative estimate of drug-likeness (QED) is 0.703. The molecular formula is C10H12BrCl. The molecule has 1 rings (SSSR count). The van der Waals surface area contributed by atoms with E-state index >= 15 is 0 Å². The average Bonchev–Trinajstić information content (AvgIpc) is 2.10. The van der Waals surface area contributed by atoms with Gasteiger partial charge in [-0.05, 0) is 24.0 Å². The highest BCUT2D eigenvalue weighted by Crippen LogP contribution is 2.27.